The summed E-state index contributed by atoms with van der Waals surface area (Å²) >= 11 is 1.85. The van der Waals surface area contributed by atoms with Crippen LogP contribution in [0.2, 0.25) is 0 Å². The van der Waals surface area contributed by atoms with E-state index in [1.54, 1.807) is 0 Å². The molecule has 10 rings (SSSR count). The second kappa shape index (κ2) is 10.1. The third-order valence-corrected chi connectivity index (χ3v) is 11.2. The molecule has 0 unspecified atom stereocenters. The number of anilines is 3. The van der Waals surface area contributed by atoms with E-state index >= 15 is 0 Å². The van der Waals surface area contributed by atoms with Crippen LogP contribution in [0.5, 0.6) is 0 Å². The van der Waals surface area contributed by atoms with E-state index in [-0.39, 0.29) is 5.41 Å². The lowest BCUT2D eigenvalue weighted by Crippen LogP contribution is -2.16. The van der Waals surface area contributed by atoms with Gasteiger partial charge in [-0.15, -0.1) is 11.3 Å². The minimum Gasteiger partial charge on any atom is -0.435 e. The van der Waals surface area contributed by atoms with Crippen LogP contribution < -0.4 is 4.90 Å². The number of benzene rings is 7. The van der Waals surface area contributed by atoms with Crippen LogP contribution in [0.1, 0.15) is 25.0 Å². The number of hydrogen-bond donors (Lipinski definition) is 0. The molecule has 4 heteroatoms. The Morgan fingerprint density at radius 3 is 2.10 bits per heavy atom. The van der Waals surface area contributed by atoms with Crippen molar-refractivity contribution in [1.82, 2.24) is 4.98 Å². The predicted molar refractivity (Wildman–Crippen MR) is 202 cm³/mol. The fourth-order valence-corrected chi connectivity index (χ4v) is 8.82. The maximum absolute atomic E-state index is 6.50. The first-order valence-electron chi connectivity index (χ1n) is 16.4. The van der Waals surface area contributed by atoms with Gasteiger partial charge in [-0.3, -0.25) is 0 Å². The zero-order chi connectivity index (χ0) is 32.0. The highest BCUT2D eigenvalue weighted by Gasteiger charge is 2.36. The molecule has 0 N–H and O–H groups in total. The molecular formula is C44H30N2OS. The number of nitrogens with zero attached hydrogens (tertiary/aromatic N) is 2. The summed E-state index contributed by atoms with van der Waals surface area (Å²) in [7, 11) is 0. The first-order valence-corrected chi connectivity index (χ1v) is 17.2. The lowest BCUT2D eigenvalue weighted by atomic mass is 9.82. The smallest absolute Gasteiger partial charge is 0.227 e. The molecule has 48 heavy (non-hydrogen) atoms. The average Bonchev–Trinajstić information content (AvgIpc) is 3.80. The highest BCUT2D eigenvalue weighted by Crippen LogP contribution is 2.52. The lowest BCUT2D eigenvalue weighted by molar-refractivity contribution is 0.623. The molecule has 228 valence electrons. The largest absolute Gasteiger partial charge is 0.435 e. The Morgan fingerprint density at radius 1 is 0.562 bits per heavy atom. The van der Waals surface area contributed by atoms with Gasteiger partial charge in [-0.1, -0.05) is 105 Å². The lowest BCUT2D eigenvalue weighted by Gasteiger charge is -2.29. The van der Waals surface area contributed by atoms with Gasteiger partial charge in [-0.2, -0.15) is 0 Å². The average molecular weight is 635 g/mol. The molecule has 0 bridgehead atoms. The van der Waals surface area contributed by atoms with Crippen LogP contribution in [0.25, 0.3) is 64.6 Å². The molecule has 1 aliphatic carbocycles. The summed E-state index contributed by atoms with van der Waals surface area (Å²) in [4.78, 5) is 7.48. The maximum Gasteiger partial charge on any atom is 0.227 e. The zero-order valence-corrected chi connectivity index (χ0v) is 27.4. The van der Waals surface area contributed by atoms with Gasteiger partial charge in [0.05, 0.1) is 5.69 Å². The Labute approximate surface area is 282 Å². The van der Waals surface area contributed by atoms with Gasteiger partial charge in [0.2, 0.25) is 5.89 Å². The van der Waals surface area contributed by atoms with Gasteiger partial charge in [0.25, 0.3) is 0 Å². The number of hydrogen-bond acceptors (Lipinski definition) is 4. The van der Waals surface area contributed by atoms with Gasteiger partial charge in [0.15, 0.2) is 5.58 Å². The van der Waals surface area contributed by atoms with Gasteiger partial charge < -0.3 is 9.32 Å². The molecule has 0 atom stereocenters. The first-order chi connectivity index (χ1) is 23.5. The summed E-state index contributed by atoms with van der Waals surface area (Å²) in [6, 6.07) is 52.4. The maximum atomic E-state index is 6.50. The Bertz CT molecular complexity index is 2720. The fraction of sp³-hybridized carbons (Fsp3) is 0.0682. The summed E-state index contributed by atoms with van der Waals surface area (Å²) in [5.41, 5.74) is 11.1. The van der Waals surface area contributed by atoms with Crippen LogP contribution in [-0.2, 0) is 5.41 Å². The molecule has 0 spiro atoms. The van der Waals surface area contributed by atoms with Gasteiger partial charge >= 0.3 is 0 Å². The zero-order valence-electron chi connectivity index (χ0n) is 26.6. The third-order valence-electron chi connectivity index (χ3n) is 10.1. The van der Waals surface area contributed by atoms with Crippen LogP contribution in [0, 0.1) is 0 Å². The van der Waals surface area contributed by atoms with E-state index < -0.39 is 0 Å². The Kier molecular flexibility index (Phi) is 5.79. The number of rotatable bonds is 4. The fourth-order valence-electron chi connectivity index (χ4n) is 7.74. The number of thiophene rings is 1. The molecule has 9 aromatic rings. The van der Waals surface area contributed by atoms with Crippen molar-refractivity contribution >= 4 is 70.4 Å². The Hall–Kier alpha value is -5.71. The van der Waals surface area contributed by atoms with Crippen molar-refractivity contribution in [1.29, 1.82) is 0 Å². The third kappa shape index (κ3) is 3.96. The number of fused-ring (bicyclic) bond motifs is 9. The molecule has 0 saturated carbocycles. The van der Waals surface area contributed by atoms with Crippen LogP contribution in [-0.4, -0.2) is 4.98 Å². The molecular weight excluding hydrogens is 605 g/mol. The molecule has 0 saturated heterocycles. The van der Waals surface area contributed by atoms with Crippen LogP contribution in [0.15, 0.2) is 150 Å². The van der Waals surface area contributed by atoms with E-state index in [0.29, 0.717) is 5.89 Å². The summed E-state index contributed by atoms with van der Waals surface area (Å²) in [5, 5.41) is 4.71. The molecule has 2 aromatic heterocycles. The van der Waals surface area contributed by atoms with Crippen molar-refractivity contribution in [3.63, 3.8) is 0 Å². The van der Waals surface area contributed by atoms with Crippen molar-refractivity contribution < 1.29 is 4.42 Å². The SMILES string of the molecule is CC1(C)c2ccccc2-c2ccc(N(c3ccc4sc5ccccc5c4c3)c3cc4nc(-c5ccccc5)oc4c4ccccc34)cc21. The van der Waals surface area contributed by atoms with Gasteiger partial charge in [0.1, 0.15) is 5.52 Å². The van der Waals surface area contributed by atoms with Crippen LogP contribution in [0.3, 0.4) is 0 Å². The van der Waals surface area contributed by atoms with E-state index in [1.165, 1.54) is 42.4 Å². The molecule has 0 aliphatic heterocycles. The van der Waals surface area contributed by atoms with E-state index in [2.05, 4.69) is 134 Å². The Balaban J connectivity index is 1.26. The van der Waals surface area contributed by atoms with E-state index in [0.717, 1.165) is 44.5 Å². The van der Waals surface area contributed by atoms with Crippen molar-refractivity contribution in [2.75, 3.05) is 4.90 Å². The van der Waals surface area contributed by atoms with Gasteiger partial charge in [0, 0.05) is 53.3 Å². The molecule has 1 aliphatic rings. The summed E-state index contributed by atoms with van der Waals surface area (Å²) in [6.45, 7) is 4.69. The van der Waals surface area contributed by atoms with Crippen LogP contribution in [0.4, 0.5) is 17.1 Å². The Morgan fingerprint density at radius 2 is 1.23 bits per heavy atom. The quantitative estimate of drug-likeness (QED) is 0.193. The standard InChI is InChI=1S/C44H30N2OS/c1-44(2)36-18-10-8-14-30(36)31-22-20-29(25-37(31)44)46(28-21-23-41-35(24-28)33-16-9-11-19-40(33)48-41)39-26-38-42(34-17-7-6-15-32(34)39)47-43(45-38)27-12-4-3-5-13-27/h3-26H,1-2H3. The van der Waals surface area contributed by atoms with Crippen molar-refractivity contribution in [2.45, 2.75) is 19.3 Å². The summed E-state index contributed by atoms with van der Waals surface area (Å²) < 4.78 is 9.09. The summed E-state index contributed by atoms with van der Waals surface area (Å²) in [6.07, 6.45) is 0. The highest BCUT2D eigenvalue weighted by molar-refractivity contribution is 7.25. The molecule has 7 aromatic carbocycles. The summed E-state index contributed by atoms with van der Waals surface area (Å²) in [5.74, 6) is 0.627. The second-order valence-corrected chi connectivity index (χ2v) is 14.3. The molecule has 0 radical (unpaired) electrons. The monoisotopic (exact) mass is 634 g/mol. The molecule has 0 fully saturated rings. The highest BCUT2D eigenvalue weighted by atomic mass is 32.1. The molecule has 2 heterocycles. The number of aromatic nitrogens is 1. The van der Waals surface area contributed by atoms with Gasteiger partial charge in [-0.05, 0) is 76.9 Å². The first kappa shape index (κ1) is 27.4. The predicted octanol–water partition coefficient (Wildman–Crippen LogP) is 12.8. The van der Waals surface area contributed by atoms with E-state index in [4.69, 9.17) is 9.40 Å². The molecule has 0 amide bonds. The van der Waals surface area contributed by atoms with E-state index in [1.807, 2.05) is 41.7 Å². The minimum atomic E-state index is -0.121. The second-order valence-electron chi connectivity index (χ2n) is 13.2. The van der Waals surface area contributed by atoms with Crippen LogP contribution >= 0.6 is 11.3 Å². The molecule has 3 nitrogen and oxygen atoms in total. The van der Waals surface area contributed by atoms with Gasteiger partial charge in [-0.25, -0.2) is 4.98 Å². The van der Waals surface area contributed by atoms with Crippen molar-refractivity contribution in [3.05, 3.63) is 157 Å². The normalized spacial score (nSPS) is 13.4. The number of oxazole rings is 1. The minimum absolute atomic E-state index is 0.121. The van der Waals surface area contributed by atoms with Crippen molar-refractivity contribution in [3.8, 4) is 22.6 Å². The topological polar surface area (TPSA) is 29.3 Å². The van der Waals surface area contributed by atoms with Crippen molar-refractivity contribution in [2.24, 2.45) is 0 Å². The van der Waals surface area contributed by atoms with E-state index in [9.17, 15) is 0 Å².